The zero-order valence-electron chi connectivity index (χ0n) is 15.1. The Kier molecular flexibility index (Phi) is 5.17. The maximum Gasteiger partial charge on any atom is 0.264 e. The summed E-state index contributed by atoms with van der Waals surface area (Å²) < 4.78 is 5.94. The van der Waals surface area contributed by atoms with Gasteiger partial charge in [-0.15, -0.1) is 11.3 Å². The molecule has 138 valence electrons. The Bertz CT molecular complexity index is 772. The second-order valence-electron chi connectivity index (χ2n) is 6.71. The van der Waals surface area contributed by atoms with Crippen molar-refractivity contribution in [2.45, 2.75) is 32.3 Å². The van der Waals surface area contributed by atoms with Crippen LogP contribution in [-0.4, -0.2) is 53.6 Å². The lowest BCUT2D eigenvalue weighted by atomic mass is 10.1. The molecule has 6 nitrogen and oxygen atoms in total. The maximum atomic E-state index is 12.9. The highest BCUT2D eigenvalue weighted by Crippen LogP contribution is 2.26. The Labute approximate surface area is 157 Å². The van der Waals surface area contributed by atoms with Crippen LogP contribution >= 0.6 is 11.3 Å². The number of hydrogen-bond donors (Lipinski definition) is 0. The molecule has 1 atom stereocenters. The smallest absolute Gasteiger partial charge is 0.264 e. The summed E-state index contributed by atoms with van der Waals surface area (Å²) in [6.07, 6.45) is 4.87. The fourth-order valence-corrected chi connectivity index (χ4v) is 4.53. The van der Waals surface area contributed by atoms with E-state index in [1.807, 2.05) is 22.4 Å². The summed E-state index contributed by atoms with van der Waals surface area (Å²) >= 11 is 1.53. The van der Waals surface area contributed by atoms with Gasteiger partial charge in [-0.3, -0.25) is 4.79 Å². The molecular formula is C19H24N4O2S. The van der Waals surface area contributed by atoms with Crippen molar-refractivity contribution in [1.29, 1.82) is 0 Å². The largest absolute Gasteiger partial charge is 0.368 e. The summed E-state index contributed by atoms with van der Waals surface area (Å²) in [7, 11) is 0. The van der Waals surface area contributed by atoms with Gasteiger partial charge in [0.15, 0.2) is 0 Å². The molecule has 0 saturated carbocycles. The number of ether oxygens (including phenoxy) is 1. The number of thiophene rings is 1. The topological polar surface area (TPSA) is 58.6 Å². The van der Waals surface area contributed by atoms with E-state index in [0.717, 1.165) is 41.6 Å². The summed E-state index contributed by atoms with van der Waals surface area (Å²) in [5.41, 5.74) is 1.99. The minimum Gasteiger partial charge on any atom is -0.368 e. The predicted molar refractivity (Wildman–Crippen MR) is 102 cm³/mol. The van der Waals surface area contributed by atoms with Crippen LogP contribution < -0.4 is 4.90 Å². The fourth-order valence-electron chi connectivity index (χ4n) is 3.57. The third kappa shape index (κ3) is 3.46. The van der Waals surface area contributed by atoms with Gasteiger partial charge in [0, 0.05) is 25.8 Å². The molecule has 4 rings (SSSR count). The molecule has 2 saturated heterocycles. The van der Waals surface area contributed by atoms with Gasteiger partial charge >= 0.3 is 0 Å². The number of anilines is 1. The highest BCUT2D eigenvalue weighted by Gasteiger charge is 2.29. The molecule has 2 aliphatic heterocycles. The molecule has 2 fully saturated rings. The normalized spacial score (nSPS) is 20.6. The quantitative estimate of drug-likeness (QED) is 0.826. The van der Waals surface area contributed by atoms with Gasteiger partial charge in [0.2, 0.25) is 5.95 Å². The number of nitrogens with zero attached hydrogens (tertiary/aromatic N) is 4. The minimum absolute atomic E-state index is 0.110. The van der Waals surface area contributed by atoms with Crippen LogP contribution in [0.4, 0.5) is 5.95 Å². The molecule has 0 N–H and O–H groups in total. The first kappa shape index (κ1) is 17.4. The first-order valence-electron chi connectivity index (χ1n) is 9.31. The number of aromatic nitrogens is 2. The van der Waals surface area contributed by atoms with Gasteiger partial charge in [0.25, 0.3) is 5.91 Å². The molecule has 2 aliphatic rings. The van der Waals surface area contributed by atoms with E-state index in [0.29, 0.717) is 19.7 Å². The minimum atomic E-state index is -0.193. The van der Waals surface area contributed by atoms with Gasteiger partial charge < -0.3 is 14.5 Å². The van der Waals surface area contributed by atoms with Crippen LogP contribution in [0.15, 0.2) is 23.7 Å². The van der Waals surface area contributed by atoms with Crippen molar-refractivity contribution in [3.05, 3.63) is 39.8 Å². The fraction of sp³-hybridized carbons (Fsp3) is 0.526. The molecule has 0 aromatic carbocycles. The molecule has 7 heteroatoms. The van der Waals surface area contributed by atoms with Gasteiger partial charge in [0.1, 0.15) is 6.10 Å². The zero-order valence-corrected chi connectivity index (χ0v) is 15.9. The second kappa shape index (κ2) is 7.72. The first-order valence-corrected chi connectivity index (χ1v) is 10.2. The number of morpholine rings is 1. The van der Waals surface area contributed by atoms with Crippen LogP contribution in [0.1, 0.15) is 46.8 Å². The molecule has 26 heavy (non-hydrogen) atoms. The lowest BCUT2D eigenvalue weighted by Crippen LogP contribution is -2.42. The van der Waals surface area contributed by atoms with Gasteiger partial charge in [-0.25, -0.2) is 9.97 Å². The molecule has 0 aliphatic carbocycles. The average Bonchev–Trinajstić information content (AvgIpc) is 3.39. The van der Waals surface area contributed by atoms with Crippen LogP contribution in [0.25, 0.3) is 0 Å². The van der Waals surface area contributed by atoms with Crippen molar-refractivity contribution in [2.75, 3.05) is 37.7 Å². The Morgan fingerprint density at radius 1 is 1.31 bits per heavy atom. The van der Waals surface area contributed by atoms with E-state index in [1.54, 1.807) is 6.20 Å². The number of amides is 1. The molecule has 1 amide bonds. The molecule has 0 spiro atoms. The number of carbonyl (C=O) groups is 1. The standard InChI is InChI=1S/C19H24N4O2S/c1-2-14-6-12-26-17(14)18(24)23-10-11-25-16(13-23)15-5-7-20-19(21-15)22-8-3-4-9-22/h5-7,12,16H,2-4,8-11,13H2,1H3/t16-/m0/s1. The molecule has 2 aromatic heterocycles. The summed E-state index contributed by atoms with van der Waals surface area (Å²) in [5.74, 6) is 0.887. The molecule has 0 unspecified atom stereocenters. The van der Waals surface area contributed by atoms with Gasteiger partial charge in [-0.05, 0) is 42.3 Å². The van der Waals surface area contributed by atoms with Crippen LogP contribution in [-0.2, 0) is 11.2 Å². The van der Waals surface area contributed by atoms with Gasteiger partial charge in [-0.1, -0.05) is 6.92 Å². The zero-order chi connectivity index (χ0) is 17.9. The Morgan fingerprint density at radius 2 is 2.15 bits per heavy atom. The van der Waals surface area contributed by atoms with Crippen LogP contribution in [0.2, 0.25) is 0 Å². The summed E-state index contributed by atoms with van der Waals surface area (Å²) in [5, 5.41) is 2.00. The van der Waals surface area contributed by atoms with E-state index >= 15 is 0 Å². The van der Waals surface area contributed by atoms with Crippen LogP contribution in [0.3, 0.4) is 0 Å². The Morgan fingerprint density at radius 3 is 2.96 bits per heavy atom. The maximum absolute atomic E-state index is 12.9. The van der Waals surface area contributed by atoms with Gasteiger partial charge in [-0.2, -0.15) is 0 Å². The number of aryl methyl sites for hydroxylation is 1. The van der Waals surface area contributed by atoms with Crippen molar-refractivity contribution in [1.82, 2.24) is 14.9 Å². The van der Waals surface area contributed by atoms with Crippen molar-refractivity contribution >= 4 is 23.2 Å². The van der Waals surface area contributed by atoms with Crippen molar-refractivity contribution in [3.63, 3.8) is 0 Å². The van der Waals surface area contributed by atoms with E-state index in [1.165, 1.54) is 24.2 Å². The van der Waals surface area contributed by atoms with E-state index in [4.69, 9.17) is 9.72 Å². The number of hydrogen-bond acceptors (Lipinski definition) is 6. The van der Waals surface area contributed by atoms with E-state index in [-0.39, 0.29) is 12.0 Å². The number of rotatable bonds is 4. The van der Waals surface area contributed by atoms with Crippen LogP contribution in [0.5, 0.6) is 0 Å². The highest BCUT2D eigenvalue weighted by atomic mass is 32.1. The van der Waals surface area contributed by atoms with Gasteiger partial charge in [0.05, 0.1) is 23.7 Å². The Hall–Kier alpha value is -1.99. The van der Waals surface area contributed by atoms with E-state index < -0.39 is 0 Å². The predicted octanol–water partition coefficient (Wildman–Crippen LogP) is 2.91. The lowest BCUT2D eigenvalue weighted by molar-refractivity contribution is -0.0246. The van der Waals surface area contributed by atoms with E-state index in [9.17, 15) is 4.79 Å². The van der Waals surface area contributed by atoms with Crippen molar-refractivity contribution in [2.24, 2.45) is 0 Å². The Balaban J connectivity index is 1.50. The average molecular weight is 372 g/mol. The molecule has 0 bridgehead atoms. The third-order valence-corrected chi connectivity index (χ3v) is 6.00. The summed E-state index contributed by atoms with van der Waals surface area (Å²) in [4.78, 5) is 27.0. The highest BCUT2D eigenvalue weighted by molar-refractivity contribution is 7.12. The van der Waals surface area contributed by atoms with Crippen molar-refractivity contribution in [3.8, 4) is 0 Å². The molecule has 2 aromatic rings. The summed E-state index contributed by atoms with van der Waals surface area (Å²) in [6, 6.07) is 3.95. The second-order valence-corrected chi connectivity index (χ2v) is 7.63. The lowest BCUT2D eigenvalue weighted by Gasteiger charge is -2.33. The van der Waals surface area contributed by atoms with Crippen LogP contribution in [0, 0.1) is 0 Å². The number of carbonyl (C=O) groups excluding carboxylic acids is 1. The monoisotopic (exact) mass is 372 g/mol. The summed E-state index contributed by atoms with van der Waals surface area (Å²) in [6.45, 7) is 5.81. The molecule has 0 radical (unpaired) electrons. The SMILES string of the molecule is CCc1ccsc1C(=O)N1CCO[C@H](c2ccnc(N3CCCC3)n2)C1. The van der Waals surface area contributed by atoms with E-state index in [2.05, 4.69) is 16.8 Å². The van der Waals surface area contributed by atoms with Crippen molar-refractivity contribution < 1.29 is 9.53 Å². The molecule has 4 heterocycles. The third-order valence-electron chi connectivity index (χ3n) is 5.06. The first-order chi connectivity index (χ1) is 12.8. The molecular weight excluding hydrogens is 348 g/mol.